The fraction of sp³-hybridized carbons (Fsp3) is 0.190. The third-order valence-corrected chi connectivity index (χ3v) is 5.63. The number of aromatic nitrogens is 2. The van der Waals surface area contributed by atoms with Gasteiger partial charge in [0.2, 0.25) is 0 Å². The van der Waals surface area contributed by atoms with Crippen molar-refractivity contribution in [3.8, 4) is 11.3 Å². The Hall–Kier alpha value is -3.10. The fourth-order valence-corrected chi connectivity index (χ4v) is 4.28. The summed E-state index contributed by atoms with van der Waals surface area (Å²) in [4.78, 5) is 32.0. The second-order valence-electron chi connectivity index (χ2n) is 6.21. The summed E-state index contributed by atoms with van der Waals surface area (Å²) in [7, 11) is 0. The monoisotopic (exact) mass is 443 g/mol. The van der Waals surface area contributed by atoms with Crippen LogP contribution in [0.25, 0.3) is 26.4 Å². The van der Waals surface area contributed by atoms with Crippen molar-refractivity contribution in [3.05, 3.63) is 53.6 Å². The smallest absolute Gasteiger partial charge is 0.425 e. The number of halogens is 1. The van der Waals surface area contributed by atoms with Crippen LogP contribution in [0.4, 0.5) is 15.4 Å². The van der Waals surface area contributed by atoms with Gasteiger partial charge in [-0.15, -0.1) is 0 Å². The summed E-state index contributed by atoms with van der Waals surface area (Å²) in [6.07, 6.45) is -1.66. The van der Waals surface area contributed by atoms with E-state index in [9.17, 15) is 9.59 Å². The van der Waals surface area contributed by atoms with Gasteiger partial charge in [0.05, 0.1) is 23.4 Å². The van der Waals surface area contributed by atoms with Crippen molar-refractivity contribution in [2.75, 3.05) is 18.1 Å². The number of carbonyl (C=O) groups is 2. The van der Waals surface area contributed by atoms with Crippen LogP contribution in [0.2, 0.25) is 5.02 Å². The largest absolute Gasteiger partial charge is 0.449 e. The maximum Gasteiger partial charge on any atom is 0.425 e. The highest BCUT2D eigenvalue weighted by molar-refractivity contribution is 7.23. The van der Waals surface area contributed by atoms with Crippen LogP contribution < -0.4 is 4.90 Å². The lowest BCUT2D eigenvalue weighted by atomic mass is 10.1. The number of ether oxygens (including phenoxy) is 2. The number of carbonyl (C=O) groups excluding carboxylic acids is 2. The summed E-state index contributed by atoms with van der Waals surface area (Å²) >= 11 is 7.50. The zero-order valence-corrected chi connectivity index (χ0v) is 17.9. The second kappa shape index (κ2) is 8.33. The first-order valence-corrected chi connectivity index (χ1v) is 10.5. The van der Waals surface area contributed by atoms with E-state index in [1.54, 1.807) is 42.5 Å². The zero-order chi connectivity index (χ0) is 21.3. The minimum atomic E-state index is -0.830. The molecule has 2 aromatic carbocycles. The number of imide groups is 1. The number of fused-ring (bicyclic) bond motifs is 3. The number of nitrogens with zero attached hydrogens (tertiary/aromatic N) is 3. The highest BCUT2D eigenvalue weighted by atomic mass is 35.5. The highest BCUT2D eigenvalue weighted by Crippen LogP contribution is 2.38. The Morgan fingerprint density at radius 1 is 1.03 bits per heavy atom. The summed E-state index contributed by atoms with van der Waals surface area (Å²) in [6, 6.07) is 14.7. The molecule has 0 saturated heterocycles. The SMILES string of the molecule is CCOC(=O)N(C(=O)OCC)c1c(-c2ccc(Cl)cc2)nc2sc3ccccc3n12. The second-order valence-corrected chi connectivity index (χ2v) is 7.66. The number of anilines is 1. The van der Waals surface area contributed by atoms with E-state index >= 15 is 0 Å². The molecular weight excluding hydrogens is 426 g/mol. The van der Waals surface area contributed by atoms with E-state index in [0.29, 0.717) is 21.2 Å². The predicted molar refractivity (Wildman–Crippen MR) is 118 cm³/mol. The summed E-state index contributed by atoms with van der Waals surface area (Å²) in [6.45, 7) is 3.56. The number of benzene rings is 2. The third kappa shape index (κ3) is 3.48. The molecule has 2 amide bonds. The van der Waals surface area contributed by atoms with Gasteiger partial charge >= 0.3 is 12.2 Å². The van der Waals surface area contributed by atoms with Crippen molar-refractivity contribution in [2.24, 2.45) is 0 Å². The van der Waals surface area contributed by atoms with E-state index in [1.807, 2.05) is 24.3 Å². The topological polar surface area (TPSA) is 73.1 Å². The van der Waals surface area contributed by atoms with Crippen LogP contribution in [0.5, 0.6) is 0 Å². The number of imidazole rings is 1. The van der Waals surface area contributed by atoms with Gasteiger partial charge in [-0.1, -0.05) is 47.2 Å². The molecule has 4 aromatic rings. The van der Waals surface area contributed by atoms with Crippen LogP contribution in [0.3, 0.4) is 0 Å². The molecule has 0 saturated carbocycles. The molecule has 2 heterocycles. The summed E-state index contributed by atoms with van der Waals surface area (Å²) in [5, 5.41) is 0.569. The minimum Gasteiger partial charge on any atom is -0.449 e. The van der Waals surface area contributed by atoms with Gasteiger partial charge in [0.15, 0.2) is 10.8 Å². The van der Waals surface area contributed by atoms with Gasteiger partial charge in [0, 0.05) is 10.6 Å². The van der Waals surface area contributed by atoms with Crippen LogP contribution in [0.15, 0.2) is 48.5 Å². The molecule has 30 heavy (non-hydrogen) atoms. The average Bonchev–Trinajstić information content (AvgIpc) is 3.26. The molecule has 0 N–H and O–H groups in total. The van der Waals surface area contributed by atoms with E-state index in [4.69, 9.17) is 26.1 Å². The Bertz CT molecular complexity index is 1210. The van der Waals surface area contributed by atoms with Gasteiger partial charge in [-0.2, -0.15) is 4.90 Å². The van der Waals surface area contributed by atoms with Gasteiger partial charge in [-0.05, 0) is 38.1 Å². The molecule has 9 heteroatoms. The lowest BCUT2D eigenvalue weighted by molar-refractivity contribution is 0.140. The first-order chi connectivity index (χ1) is 14.5. The Balaban J connectivity index is 2.04. The van der Waals surface area contributed by atoms with Crippen LogP contribution >= 0.6 is 22.9 Å². The Labute approximate surface area is 181 Å². The summed E-state index contributed by atoms with van der Waals surface area (Å²) in [5.74, 6) is 0.265. The fourth-order valence-electron chi connectivity index (χ4n) is 3.14. The number of para-hydroxylation sites is 1. The number of rotatable bonds is 4. The zero-order valence-electron chi connectivity index (χ0n) is 16.3. The van der Waals surface area contributed by atoms with Crippen molar-refractivity contribution < 1.29 is 19.1 Å². The third-order valence-electron chi connectivity index (χ3n) is 4.36. The first kappa shape index (κ1) is 20.2. The highest BCUT2D eigenvalue weighted by Gasteiger charge is 2.34. The summed E-state index contributed by atoms with van der Waals surface area (Å²) in [5.41, 5.74) is 1.97. The molecule has 0 spiro atoms. The lowest BCUT2D eigenvalue weighted by Gasteiger charge is -2.20. The van der Waals surface area contributed by atoms with Crippen molar-refractivity contribution >= 4 is 56.1 Å². The molecule has 4 rings (SSSR count). The van der Waals surface area contributed by atoms with Gasteiger partial charge < -0.3 is 9.47 Å². The van der Waals surface area contributed by atoms with Crippen LogP contribution in [0, 0.1) is 0 Å². The molecule has 0 unspecified atom stereocenters. The molecule has 0 aliphatic rings. The van der Waals surface area contributed by atoms with Crippen LogP contribution in [0.1, 0.15) is 13.8 Å². The number of hydrogen-bond donors (Lipinski definition) is 0. The summed E-state index contributed by atoms with van der Waals surface area (Å²) < 4.78 is 13.1. The molecular formula is C21H18ClN3O4S. The van der Waals surface area contributed by atoms with Crippen molar-refractivity contribution in [1.29, 1.82) is 0 Å². The number of amides is 2. The standard InChI is InChI=1S/C21H18ClN3O4S/c1-3-28-20(26)25(21(27)29-4-2)18-17(13-9-11-14(22)12-10-13)23-19-24(18)15-7-5-6-8-16(15)30-19/h5-12H,3-4H2,1-2H3. The van der Waals surface area contributed by atoms with Crippen LogP contribution in [-0.4, -0.2) is 34.8 Å². The molecule has 7 nitrogen and oxygen atoms in total. The minimum absolute atomic E-state index is 0.108. The predicted octanol–water partition coefficient (Wildman–Crippen LogP) is 5.99. The Morgan fingerprint density at radius 2 is 1.67 bits per heavy atom. The lowest BCUT2D eigenvalue weighted by Crippen LogP contribution is -2.39. The molecule has 154 valence electrons. The maximum atomic E-state index is 12.8. The quantitative estimate of drug-likeness (QED) is 0.387. The number of hydrogen-bond acceptors (Lipinski definition) is 6. The molecule has 0 fully saturated rings. The van der Waals surface area contributed by atoms with Crippen molar-refractivity contribution in [2.45, 2.75) is 13.8 Å². The molecule has 0 aliphatic heterocycles. The van der Waals surface area contributed by atoms with Gasteiger partial charge in [0.1, 0.15) is 5.69 Å². The van der Waals surface area contributed by atoms with E-state index in [0.717, 1.165) is 15.1 Å². The Morgan fingerprint density at radius 3 is 2.30 bits per heavy atom. The van der Waals surface area contributed by atoms with Crippen molar-refractivity contribution in [3.63, 3.8) is 0 Å². The molecule has 0 radical (unpaired) electrons. The van der Waals surface area contributed by atoms with Gasteiger partial charge in [-0.25, -0.2) is 14.6 Å². The number of thiazole rings is 1. The van der Waals surface area contributed by atoms with Crippen molar-refractivity contribution in [1.82, 2.24) is 9.38 Å². The van der Waals surface area contributed by atoms with E-state index in [2.05, 4.69) is 0 Å². The average molecular weight is 444 g/mol. The van der Waals surface area contributed by atoms with E-state index in [1.165, 1.54) is 11.3 Å². The molecule has 0 aliphatic carbocycles. The van der Waals surface area contributed by atoms with E-state index < -0.39 is 12.2 Å². The van der Waals surface area contributed by atoms with E-state index in [-0.39, 0.29) is 19.0 Å². The molecule has 2 aromatic heterocycles. The van der Waals surface area contributed by atoms with Gasteiger partial charge in [0.25, 0.3) is 0 Å². The molecule has 0 atom stereocenters. The first-order valence-electron chi connectivity index (χ1n) is 9.34. The van der Waals surface area contributed by atoms with Gasteiger partial charge in [-0.3, -0.25) is 4.40 Å². The molecule has 0 bridgehead atoms. The maximum absolute atomic E-state index is 12.8. The van der Waals surface area contributed by atoms with Crippen LogP contribution in [-0.2, 0) is 9.47 Å². The normalized spacial score (nSPS) is 11.0. The Kier molecular flexibility index (Phi) is 5.61.